The van der Waals surface area contributed by atoms with E-state index < -0.39 is 0 Å². The summed E-state index contributed by atoms with van der Waals surface area (Å²) in [7, 11) is 0. The molecule has 4 heteroatoms. The van der Waals surface area contributed by atoms with E-state index in [2.05, 4.69) is 16.4 Å². The van der Waals surface area contributed by atoms with E-state index in [1.165, 1.54) is 0 Å². The molecule has 4 rings (SSSR count). The molecule has 3 aromatic carbocycles. The van der Waals surface area contributed by atoms with Gasteiger partial charge >= 0.3 is 5.97 Å². The molecule has 1 heterocycles. The molecule has 1 aliphatic heterocycles. The van der Waals surface area contributed by atoms with Gasteiger partial charge in [0.15, 0.2) is 0 Å². The Balaban J connectivity index is 1.66. The summed E-state index contributed by atoms with van der Waals surface area (Å²) in [6, 6.07) is 21.6. The molecule has 4 nitrogen and oxygen atoms in total. The number of carbonyl (C=O) groups excluding carboxylic acids is 1. The van der Waals surface area contributed by atoms with Crippen molar-refractivity contribution in [3.8, 4) is 11.1 Å². The third-order valence-corrected chi connectivity index (χ3v) is 4.30. The minimum atomic E-state index is -0.298. The Morgan fingerprint density at radius 3 is 2.54 bits per heavy atom. The summed E-state index contributed by atoms with van der Waals surface area (Å²) in [5, 5.41) is 3.46. The molecule has 0 radical (unpaired) electrons. The highest BCUT2D eigenvalue weighted by Gasteiger charge is 2.11. The first-order valence-electron chi connectivity index (χ1n) is 8.56. The normalized spacial score (nSPS) is 11.7. The molecule has 0 saturated heterocycles. The summed E-state index contributed by atoms with van der Waals surface area (Å²) in [5.41, 5.74) is 6.59. The maximum atomic E-state index is 11.8. The summed E-state index contributed by atoms with van der Waals surface area (Å²) < 4.78 is 5.03. The maximum absolute atomic E-state index is 11.8. The van der Waals surface area contributed by atoms with Gasteiger partial charge in [0.2, 0.25) is 0 Å². The van der Waals surface area contributed by atoms with E-state index in [1.807, 2.05) is 54.7 Å². The van der Waals surface area contributed by atoms with Gasteiger partial charge in [0.1, 0.15) is 0 Å². The number of benzene rings is 3. The van der Waals surface area contributed by atoms with Crippen molar-refractivity contribution < 1.29 is 9.53 Å². The Morgan fingerprint density at radius 1 is 0.962 bits per heavy atom. The molecule has 0 amide bonds. The summed E-state index contributed by atoms with van der Waals surface area (Å²) in [6.07, 6.45) is 1.88. The smallest absolute Gasteiger partial charge is 0.338 e. The average Bonchev–Trinajstić information content (AvgIpc) is 2.87. The van der Waals surface area contributed by atoms with Crippen molar-refractivity contribution in [1.29, 1.82) is 0 Å². The second-order valence-electron chi connectivity index (χ2n) is 6.00. The van der Waals surface area contributed by atoms with Crippen LogP contribution < -0.4 is 5.32 Å². The van der Waals surface area contributed by atoms with Gasteiger partial charge in [0.05, 0.1) is 23.5 Å². The zero-order chi connectivity index (χ0) is 17.9. The molecular weight excluding hydrogens is 324 g/mol. The lowest BCUT2D eigenvalue weighted by molar-refractivity contribution is 0.0526. The van der Waals surface area contributed by atoms with Crippen LogP contribution in [-0.4, -0.2) is 18.8 Å². The van der Waals surface area contributed by atoms with Crippen molar-refractivity contribution >= 4 is 29.2 Å². The number of rotatable bonds is 3. The Bertz CT molecular complexity index is 991. The number of nitrogens with zero attached hydrogens (tertiary/aromatic N) is 1. The van der Waals surface area contributed by atoms with Crippen LogP contribution in [0.3, 0.4) is 0 Å². The second-order valence-corrected chi connectivity index (χ2v) is 6.00. The van der Waals surface area contributed by atoms with E-state index in [0.29, 0.717) is 12.2 Å². The summed E-state index contributed by atoms with van der Waals surface area (Å²) in [4.78, 5) is 16.4. The first kappa shape index (κ1) is 16.1. The van der Waals surface area contributed by atoms with E-state index in [9.17, 15) is 4.79 Å². The molecule has 0 aromatic heterocycles. The SMILES string of the molecule is CCOC(=O)c1ccc(-c2ccc3c(c2)Nc2ccccc2C=N3)cc1. The number of hydrogen-bond donors (Lipinski definition) is 1. The minimum Gasteiger partial charge on any atom is -0.462 e. The Morgan fingerprint density at radius 2 is 1.73 bits per heavy atom. The number of hydrogen-bond acceptors (Lipinski definition) is 4. The number of nitrogens with one attached hydrogen (secondary N) is 1. The second kappa shape index (κ2) is 6.84. The van der Waals surface area contributed by atoms with Crippen LogP contribution >= 0.6 is 0 Å². The van der Waals surface area contributed by atoms with E-state index in [0.717, 1.165) is 33.8 Å². The Kier molecular flexibility index (Phi) is 4.23. The molecule has 0 saturated carbocycles. The maximum Gasteiger partial charge on any atom is 0.338 e. The predicted octanol–water partition coefficient (Wildman–Crippen LogP) is 5.34. The fourth-order valence-corrected chi connectivity index (χ4v) is 2.95. The van der Waals surface area contributed by atoms with E-state index in [-0.39, 0.29) is 5.97 Å². The molecule has 0 spiro atoms. The largest absolute Gasteiger partial charge is 0.462 e. The van der Waals surface area contributed by atoms with Crippen LogP contribution in [-0.2, 0) is 4.74 Å². The van der Waals surface area contributed by atoms with E-state index in [4.69, 9.17) is 4.74 Å². The first-order chi connectivity index (χ1) is 12.7. The number of aliphatic imine (C=N–C) groups is 1. The lowest BCUT2D eigenvalue weighted by Crippen LogP contribution is -2.03. The van der Waals surface area contributed by atoms with Crippen molar-refractivity contribution in [2.24, 2.45) is 4.99 Å². The molecule has 128 valence electrons. The number of esters is 1. The summed E-state index contributed by atoms with van der Waals surface area (Å²) in [5.74, 6) is -0.298. The van der Waals surface area contributed by atoms with Gasteiger partial charge in [-0.05, 0) is 48.4 Å². The van der Waals surface area contributed by atoms with Gasteiger partial charge in [-0.1, -0.05) is 36.4 Å². The molecule has 0 unspecified atom stereocenters. The van der Waals surface area contributed by atoms with Crippen molar-refractivity contribution in [2.75, 3.05) is 11.9 Å². The molecule has 0 bridgehead atoms. The van der Waals surface area contributed by atoms with Gasteiger partial charge in [-0.2, -0.15) is 0 Å². The van der Waals surface area contributed by atoms with E-state index in [1.54, 1.807) is 19.1 Å². The lowest BCUT2D eigenvalue weighted by Gasteiger charge is -2.11. The quantitative estimate of drug-likeness (QED) is 0.511. The average molecular weight is 342 g/mol. The van der Waals surface area contributed by atoms with Gasteiger partial charge in [-0.25, -0.2) is 4.79 Å². The van der Waals surface area contributed by atoms with E-state index >= 15 is 0 Å². The lowest BCUT2D eigenvalue weighted by atomic mass is 10.0. The molecule has 0 aliphatic carbocycles. The van der Waals surface area contributed by atoms with Gasteiger partial charge in [-0.3, -0.25) is 4.99 Å². The minimum absolute atomic E-state index is 0.298. The van der Waals surface area contributed by atoms with Crippen LogP contribution in [0.25, 0.3) is 11.1 Å². The van der Waals surface area contributed by atoms with Crippen LogP contribution in [0, 0.1) is 0 Å². The summed E-state index contributed by atoms with van der Waals surface area (Å²) >= 11 is 0. The van der Waals surface area contributed by atoms with Gasteiger partial charge in [0.25, 0.3) is 0 Å². The molecule has 26 heavy (non-hydrogen) atoms. The fourth-order valence-electron chi connectivity index (χ4n) is 2.95. The van der Waals surface area contributed by atoms with Crippen LogP contribution in [0.5, 0.6) is 0 Å². The van der Waals surface area contributed by atoms with Crippen molar-refractivity contribution in [3.05, 3.63) is 77.9 Å². The zero-order valence-electron chi connectivity index (χ0n) is 14.4. The fraction of sp³-hybridized carbons (Fsp3) is 0.0909. The van der Waals surface area contributed by atoms with Gasteiger partial charge in [-0.15, -0.1) is 0 Å². The Hall–Kier alpha value is -3.40. The molecular formula is C22H18N2O2. The number of ether oxygens (including phenoxy) is 1. The predicted molar refractivity (Wildman–Crippen MR) is 105 cm³/mol. The third kappa shape index (κ3) is 3.09. The highest BCUT2D eigenvalue weighted by atomic mass is 16.5. The Labute approximate surface area is 152 Å². The number of anilines is 2. The van der Waals surface area contributed by atoms with Crippen LogP contribution in [0.1, 0.15) is 22.8 Å². The van der Waals surface area contributed by atoms with Crippen LogP contribution in [0.15, 0.2) is 71.7 Å². The van der Waals surface area contributed by atoms with Crippen molar-refractivity contribution in [2.45, 2.75) is 6.92 Å². The third-order valence-electron chi connectivity index (χ3n) is 4.30. The number of fused-ring (bicyclic) bond motifs is 2. The highest BCUT2D eigenvalue weighted by molar-refractivity contribution is 5.96. The van der Waals surface area contributed by atoms with Crippen molar-refractivity contribution in [3.63, 3.8) is 0 Å². The summed E-state index contributed by atoms with van der Waals surface area (Å²) in [6.45, 7) is 2.18. The van der Waals surface area contributed by atoms with Crippen molar-refractivity contribution in [1.82, 2.24) is 0 Å². The highest BCUT2D eigenvalue weighted by Crippen LogP contribution is 2.35. The molecule has 0 atom stereocenters. The monoisotopic (exact) mass is 342 g/mol. The van der Waals surface area contributed by atoms with Gasteiger partial charge < -0.3 is 10.1 Å². The molecule has 0 fully saturated rings. The number of carbonyl (C=O) groups is 1. The molecule has 1 N–H and O–H groups in total. The van der Waals surface area contributed by atoms with Crippen LogP contribution in [0.4, 0.5) is 17.1 Å². The first-order valence-corrected chi connectivity index (χ1v) is 8.56. The van der Waals surface area contributed by atoms with Gasteiger partial charge in [0, 0.05) is 17.5 Å². The molecule has 3 aromatic rings. The topological polar surface area (TPSA) is 50.7 Å². The zero-order valence-corrected chi connectivity index (χ0v) is 14.4. The van der Waals surface area contributed by atoms with Crippen LogP contribution in [0.2, 0.25) is 0 Å². The number of para-hydroxylation sites is 1. The standard InChI is InChI=1S/C22H18N2O2/c1-2-26-22(25)16-9-7-15(8-10-16)17-11-12-20-21(13-17)24-19-6-4-3-5-18(19)14-23-20/h3-14,24H,2H2,1H3. The molecule has 1 aliphatic rings.